The highest BCUT2D eigenvalue weighted by atomic mass is 19.1. The van der Waals surface area contributed by atoms with Crippen molar-refractivity contribution in [2.45, 2.75) is 31.8 Å². The van der Waals surface area contributed by atoms with Gasteiger partial charge in [0.15, 0.2) is 0 Å². The van der Waals surface area contributed by atoms with Gasteiger partial charge >= 0.3 is 0 Å². The second kappa shape index (κ2) is 3.24. The van der Waals surface area contributed by atoms with Crippen molar-refractivity contribution in [3.05, 3.63) is 29.6 Å². The molecule has 2 nitrogen and oxygen atoms in total. The first kappa shape index (κ1) is 9.46. The van der Waals surface area contributed by atoms with Crippen LogP contribution in [0.3, 0.4) is 0 Å². The molecule has 1 saturated carbocycles. The molecule has 3 heteroatoms. The summed E-state index contributed by atoms with van der Waals surface area (Å²) in [6.45, 7) is 2.90. The van der Waals surface area contributed by atoms with Gasteiger partial charge in [0.05, 0.1) is 5.69 Å². The number of nitrogens with two attached hydrogens (primary N) is 1. The number of hydrogen-bond acceptors (Lipinski definition) is 2. The SMILES string of the molecule is CC1(NCc2ccc(N)c(F)c2)CC1. The van der Waals surface area contributed by atoms with E-state index in [9.17, 15) is 4.39 Å². The quantitative estimate of drug-likeness (QED) is 0.723. The first-order chi connectivity index (χ1) is 6.59. The first-order valence-corrected chi connectivity index (χ1v) is 4.88. The fraction of sp³-hybridized carbons (Fsp3) is 0.455. The molecule has 0 aromatic heterocycles. The van der Waals surface area contributed by atoms with E-state index < -0.39 is 0 Å². The van der Waals surface area contributed by atoms with Gasteiger partial charge in [0, 0.05) is 12.1 Å². The summed E-state index contributed by atoms with van der Waals surface area (Å²) in [5, 5.41) is 3.39. The fourth-order valence-corrected chi connectivity index (χ4v) is 1.36. The van der Waals surface area contributed by atoms with Crippen molar-refractivity contribution in [3.63, 3.8) is 0 Å². The molecule has 3 N–H and O–H groups in total. The minimum absolute atomic E-state index is 0.214. The van der Waals surface area contributed by atoms with Gasteiger partial charge in [0.1, 0.15) is 5.82 Å². The zero-order chi connectivity index (χ0) is 10.2. The van der Waals surface area contributed by atoms with Gasteiger partial charge in [-0.05, 0) is 37.5 Å². The number of nitrogens with one attached hydrogen (secondary N) is 1. The zero-order valence-electron chi connectivity index (χ0n) is 8.31. The second-order valence-electron chi connectivity index (χ2n) is 4.27. The van der Waals surface area contributed by atoms with Crippen molar-refractivity contribution < 1.29 is 4.39 Å². The van der Waals surface area contributed by atoms with E-state index in [1.807, 2.05) is 6.07 Å². The third-order valence-electron chi connectivity index (χ3n) is 2.78. The van der Waals surface area contributed by atoms with E-state index >= 15 is 0 Å². The highest BCUT2D eigenvalue weighted by molar-refractivity contribution is 5.41. The number of benzene rings is 1. The molecule has 2 rings (SSSR count). The highest BCUT2D eigenvalue weighted by Gasteiger charge is 2.36. The van der Waals surface area contributed by atoms with Crippen LogP contribution >= 0.6 is 0 Å². The molecular weight excluding hydrogens is 179 g/mol. The van der Waals surface area contributed by atoms with Crippen LogP contribution < -0.4 is 11.1 Å². The van der Waals surface area contributed by atoms with Crippen molar-refractivity contribution in [2.75, 3.05) is 5.73 Å². The molecule has 0 aliphatic heterocycles. The van der Waals surface area contributed by atoms with E-state index in [0.717, 1.165) is 5.56 Å². The minimum atomic E-state index is -0.328. The van der Waals surface area contributed by atoms with E-state index in [-0.39, 0.29) is 17.0 Å². The van der Waals surface area contributed by atoms with Crippen LogP contribution in [0.5, 0.6) is 0 Å². The van der Waals surface area contributed by atoms with Crippen molar-refractivity contribution in [1.29, 1.82) is 0 Å². The Bertz CT molecular complexity index is 345. The Hall–Kier alpha value is -1.09. The van der Waals surface area contributed by atoms with Crippen LogP contribution in [-0.4, -0.2) is 5.54 Å². The van der Waals surface area contributed by atoms with E-state index in [0.29, 0.717) is 6.54 Å². The van der Waals surface area contributed by atoms with E-state index in [4.69, 9.17) is 5.73 Å². The van der Waals surface area contributed by atoms with Crippen molar-refractivity contribution in [1.82, 2.24) is 5.32 Å². The normalized spacial score (nSPS) is 18.1. The van der Waals surface area contributed by atoms with Gasteiger partial charge in [-0.2, -0.15) is 0 Å². The van der Waals surface area contributed by atoms with Crippen molar-refractivity contribution in [2.24, 2.45) is 0 Å². The van der Waals surface area contributed by atoms with E-state index in [1.165, 1.54) is 18.9 Å². The average Bonchev–Trinajstić information content (AvgIpc) is 2.87. The standard InChI is InChI=1S/C11H15FN2/c1-11(4-5-11)14-7-8-2-3-10(13)9(12)6-8/h2-3,6,14H,4-5,7,13H2,1H3. The Kier molecular flexibility index (Phi) is 2.19. The summed E-state index contributed by atoms with van der Waals surface area (Å²) in [5.41, 5.74) is 6.84. The van der Waals surface area contributed by atoms with Gasteiger partial charge in [-0.1, -0.05) is 6.07 Å². The summed E-state index contributed by atoms with van der Waals surface area (Å²) in [5.74, 6) is -0.328. The topological polar surface area (TPSA) is 38.0 Å². The summed E-state index contributed by atoms with van der Waals surface area (Å²) in [6.07, 6.45) is 2.43. The summed E-state index contributed by atoms with van der Waals surface area (Å²) >= 11 is 0. The van der Waals surface area contributed by atoms with Crippen LogP contribution in [0.1, 0.15) is 25.3 Å². The van der Waals surface area contributed by atoms with Crippen molar-refractivity contribution in [3.8, 4) is 0 Å². The van der Waals surface area contributed by atoms with Crippen LogP contribution in [0.15, 0.2) is 18.2 Å². The molecule has 1 aliphatic rings. The summed E-state index contributed by atoms with van der Waals surface area (Å²) in [4.78, 5) is 0. The number of nitrogen functional groups attached to an aromatic ring is 1. The van der Waals surface area contributed by atoms with Gasteiger partial charge in [-0.25, -0.2) is 4.39 Å². The maximum atomic E-state index is 13.1. The lowest BCUT2D eigenvalue weighted by Gasteiger charge is -2.11. The molecule has 0 bridgehead atoms. The maximum Gasteiger partial charge on any atom is 0.146 e. The predicted molar refractivity (Wildman–Crippen MR) is 55.3 cm³/mol. The Morgan fingerprint density at radius 1 is 1.50 bits per heavy atom. The monoisotopic (exact) mass is 194 g/mol. The smallest absolute Gasteiger partial charge is 0.146 e. The number of anilines is 1. The lowest BCUT2D eigenvalue weighted by Crippen LogP contribution is -2.26. The van der Waals surface area contributed by atoms with Crippen LogP contribution in [0.2, 0.25) is 0 Å². The van der Waals surface area contributed by atoms with Crippen LogP contribution in [0.25, 0.3) is 0 Å². The molecule has 0 atom stereocenters. The molecule has 1 aromatic carbocycles. The molecule has 0 saturated heterocycles. The molecule has 1 aromatic rings. The largest absolute Gasteiger partial charge is 0.396 e. The highest BCUT2D eigenvalue weighted by Crippen LogP contribution is 2.34. The lowest BCUT2D eigenvalue weighted by molar-refractivity contribution is 0.535. The van der Waals surface area contributed by atoms with E-state index in [2.05, 4.69) is 12.2 Å². The van der Waals surface area contributed by atoms with E-state index in [1.54, 1.807) is 6.07 Å². The third kappa shape index (κ3) is 2.04. The Morgan fingerprint density at radius 3 is 2.79 bits per heavy atom. The molecule has 1 aliphatic carbocycles. The number of hydrogen-bond donors (Lipinski definition) is 2. The Balaban J connectivity index is 1.99. The molecule has 0 spiro atoms. The van der Waals surface area contributed by atoms with Gasteiger partial charge in [-0.15, -0.1) is 0 Å². The summed E-state index contributed by atoms with van der Waals surface area (Å²) in [7, 11) is 0. The fourth-order valence-electron chi connectivity index (χ4n) is 1.36. The molecule has 0 unspecified atom stereocenters. The molecule has 14 heavy (non-hydrogen) atoms. The molecule has 0 amide bonds. The first-order valence-electron chi connectivity index (χ1n) is 4.88. The third-order valence-corrected chi connectivity index (χ3v) is 2.78. The zero-order valence-corrected chi connectivity index (χ0v) is 8.31. The molecule has 0 heterocycles. The maximum absolute atomic E-state index is 13.1. The van der Waals surface area contributed by atoms with Gasteiger partial charge < -0.3 is 11.1 Å². The Labute approximate surface area is 83.3 Å². The predicted octanol–water partition coefficient (Wildman–Crippen LogP) is 2.05. The molecule has 0 radical (unpaired) electrons. The van der Waals surface area contributed by atoms with Gasteiger partial charge in [0.2, 0.25) is 0 Å². The van der Waals surface area contributed by atoms with Gasteiger partial charge in [0.25, 0.3) is 0 Å². The number of halogens is 1. The van der Waals surface area contributed by atoms with Crippen LogP contribution in [0.4, 0.5) is 10.1 Å². The summed E-state index contributed by atoms with van der Waals surface area (Å²) < 4.78 is 13.1. The molecule has 1 fully saturated rings. The molecule has 76 valence electrons. The Morgan fingerprint density at radius 2 is 2.21 bits per heavy atom. The minimum Gasteiger partial charge on any atom is -0.396 e. The van der Waals surface area contributed by atoms with Crippen LogP contribution in [-0.2, 0) is 6.54 Å². The second-order valence-corrected chi connectivity index (χ2v) is 4.27. The number of rotatable bonds is 3. The summed E-state index contributed by atoms with van der Waals surface area (Å²) in [6, 6.07) is 4.97. The average molecular weight is 194 g/mol. The lowest BCUT2D eigenvalue weighted by atomic mass is 10.2. The van der Waals surface area contributed by atoms with Gasteiger partial charge in [-0.3, -0.25) is 0 Å². The van der Waals surface area contributed by atoms with Crippen LogP contribution in [0, 0.1) is 5.82 Å². The van der Waals surface area contributed by atoms with Crippen molar-refractivity contribution >= 4 is 5.69 Å². The molecular formula is C11H15FN2.